The maximum Gasteiger partial charge on any atom is 0.227 e. The molecule has 3 heteroatoms. The van der Waals surface area contributed by atoms with E-state index in [1.807, 2.05) is 0 Å². The van der Waals surface area contributed by atoms with Crippen LogP contribution in [0.2, 0.25) is 0 Å². The van der Waals surface area contributed by atoms with Crippen molar-refractivity contribution in [3.8, 4) is 0 Å². The zero-order valence-electron chi connectivity index (χ0n) is 6.50. The normalized spacial score (nSPS) is 23.4. The third-order valence-electron chi connectivity index (χ3n) is 1.47. The number of hydrogen-bond acceptors (Lipinski definition) is 3. The van der Waals surface area contributed by atoms with Gasteiger partial charge in [-0.15, -0.1) is 0 Å². The van der Waals surface area contributed by atoms with Gasteiger partial charge in [0.25, 0.3) is 0 Å². The summed E-state index contributed by atoms with van der Waals surface area (Å²) in [7, 11) is 0. The molecule has 3 nitrogen and oxygen atoms in total. The molecule has 1 aliphatic heterocycles. The highest BCUT2D eigenvalue weighted by Crippen LogP contribution is 2.15. The average Bonchev–Trinajstić information content (AvgIpc) is 1.85. The van der Waals surface area contributed by atoms with Crippen molar-refractivity contribution in [3.05, 3.63) is 23.5 Å². The van der Waals surface area contributed by atoms with Gasteiger partial charge < -0.3 is 9.84 Å². The number of rotatable bonds is 1. The number of aliphatic hydroxyl groups is 1. The summed E-state index contributed by atoms with van der Waals surface area (Å²) in [5, 5.41) is 9.16. The van der Waals surface area contributed by atoms with Gasteiger partial charge in [-0.25, -0.2) is 0 Å². The van der Waals surface area contributed by atoms with Crippen molar-refractivity contribution in [2.45, 2.75) is 20.1 Å². The Hall–Kier alpha value is -1.09. The molecule has 1 heterocycles. The fraction of sp³-hybridized carbons (Fsp3) is 0.375. The predicted molar refractivity (Wildman–Crippen MR) is 39.6 cm³/mol. The smallest absolute Gasteiger partial charge is 0.227 e. The van der Waals surface area contributed by atoms with E-state index in [9.17, 15) is 4.79 Å². The molecule has 0 aromatic heterocycles. The van der Waals surface area contributed by atoms with E-state index in [1.165, 1.54) is 6.92 Å². The van der Waals surface area contributed by atoms with Crippen LogP contribution in [0, 0.1) is 0 Å². The first-order valence-electron chi connectivity index (χ1n) is 3.35. The van der Waals surface area contributed by atoms with Crippen molar-refractivity contribution in [2.75, 3.05) is 0 Å². The lowest BCUT2D eigenvalue weighted by Crippen LogP contribution is -2.21. The van der Waals surface area contributed by atoms with E-state index >= 15 is 0 Å². The number of ketones is 1. The molecule has 0 saturated heterocycles. The minimum Gasteiger partial charge on any atom is -0.465 e. The lowest BCUT2D eigenvalue weighted by molar-refractivity contribution is -0.118. The standard InChI is InChI=1S/C8H10O3/c1-5-3-4-7(6(2)9)8(10)11-5/h3-4,8,10H,1-2H3. The molecule has 0 fully saturated rings. The molecule has 1 aliphatic rings. The Morgan fingerprint density at radius 3 is 2.73 bits per heavy atom. The Kier molecular flexibility index (Phi) is 2.10. The Morgan fingerprint density at radius 1 is 1.64 bits per heavy atom. The van der Waals surface area contributed by atoms with Crippen LogP contribution >= 0.6 is 0 Å². The molecule has 0 aliphatic carbocycles. The maximum atomic E-state index is 10.8. The van der Waals surface area contributed by atoms with Gasteiger partial charge in [0.2, 0.25) is 6.29 Å². The van der Waals surface area contributed by atoms with Gasteiger partial charge in [0.05, 0.1) is 11.3 Å². The molecule has 0 aromatic carbocycles. The second kappa shape index (κ2) is 2.88. The van der Waals surface area contributed by atoms with E-state index in [-0.39, 0.29) is 5.78 Å². The highest BCUT2D eigenvalue weighted by molar-refractivity contribution is 5.94. The van der Waals surface area contributed by atoms with Crippen LogP contribution in [0.3, 0.4) is 0 Å². The zero-order valence-corrected chi connectivity index (χ0v) is 6.50. The molecule has 1 rings (SSSR count). The predicted octanol–water partition coefficient (Wildman–Crippen LogP) is 0.754. The number of Topliss-reactive ketones (excluding diaryl/α,β-unsaturated/α-hetero) is 1. The number of carbonyl (C=O) groups excluding carboxylic acids is 1. The molecule has 0 bridgehead atoms. The van der Waals surface area contributed by atoms with Crippen LogP contribution in [0.15, 0.2) is 23.5 Å². The van der Waals surface area contributed by atoms with Crippen molar-refractivity contribution in [3.63, 3.8) is 0 Å². The molecular formula is C8H10O3. The molecule has 1 N–H and O–H groups in total. The topological polar surface area (TPSA) is 46.5 Å². The average molecular weight is 154 g/mol. The van der Waals surface area contributed by atoms with E-state index in [2.05, 4.69) is 0 Å². The molecule has 0 amide bonds. The van der Waals surface area contributed by atoms with Crippen molar-refractivity contribution >= 4 is 5.78 Å². The minimum atomic E-state index is -1.09. The van der Waals surface area contributed by atoms with Crippen LogP contribution in [-0.4, -0.2) is 17.2 Å². The summed E-state index contributed by atoms with van der Waals surface area (Å²) in [6.07, 6.45) is 2.15. The van der Waals surface area contributed by atoms with Crippen molar-refractivity contribution in [1.29, 1.82) is 0 Å². The molecule has 0 radical (unpaired) electrons. The zero-order chi connectivity index (χ0) is 8.43. The van der Waals surface area contributed by atoms with Crippen molar-refractivity contribution < 1.29 is 14.6 Å². The minimum absolute atomic E-state index is 0.166. The van der Waals surface area contributed by atoms with E-state index in [0.717, 1.165) is 0 Å². The van der Waals surface area contributed by atoms with E-state index < -0.39 is 6.29 Å². The van der Waals surface area contributed by atoms with Gasteiger partial charge in [-0.3, -0.25) is 4.79 Å². The molecule has 60 valence electrons. The van der Waals surface area contributed by atoms with E-state index in [4.69, 9.17) is 9.84 Å². The highest BCUT2D eigenvalue weighted by Gasteiger charge is 2.18. The van der Waals surface area contributed by atoms with Crippen LogP contribution in [0.25, 0.3) is 0 Å². The Balaban J connectivity index is 2.87. The Labute approximate surface area is 65.0 Å². The lowest BCUT2D eigenvalue weighted by atomic mass is 10.1. The number of ether oxygens (including phenoxy) is 1. The van der Waals surface area contributed by atoms with Crippen molar-refractivity contribution in [1.82, 2.24) is 0 Å². The molecule has 11 heavy (non-hydrogen) atoms. The molecular weight excluding hydrogens is 144 g/mol. The molecule has 1 atom stereocenters. The second-order valence-corrected chi connectivity index (χ2v) is 2.43. The van der Waals surface area contributed by atoms with Crippen LogP contribution in [0.4, 0.5) is 0 Å². The molecule has 1 unspecified atom stereocenters. The molecule has 0 saturated carbocycles. The quantitative estimate of drug-likeness (QED) is 0.606. The van der Waals surface area contributed by atoms with Gasteiger partial charge in [0, 0.05) is 0 Å². The first-order chi connectivity index (χ1) is 5.11. The van der Waals surface area contributed by atoms with Gasteiger partial charge in [-0.05, 0) is 26.0 Å². The molecule has 0 spiro atoms. The number of allylic oxidation sites excluding steroid dienone is 3. The Morgan fingerprint density at radius 2 is 2.27 bits per heavy atom. The molecule has 0 aromatic rings. The summed E-state index contributed by atoms with van der Waals surface area (Å²) >= 11 is 0. The van der Waals surface area contributed by atoms with Crippen LogP contribution in [-0.2, 0) is 9.53 Å². The number of hydrogen-bond donors (Lipinski definition) is 1. The SMILES string of the molecule is CC(=O)C1=CC=C(C)OC1O. The number of aliphatic hydroxyl groups excluding tert-OH is 1. The van der Waals surface area contributed by atoms with E-state index in [0.29, 0.717) is 11.3 Å². The first kappa shape index (κ1) is 8.01. The summed E-state index contributed by atoms with van der Waals surface area (Å²) < 4.78 is 4.89. The van der Waals surface area contributed by atoms with E-state index in [1.54, 1.807) is 19.1 Å². The van der Waals surface area contributed by atoms with Gasteiger partial charge in [-0.2, -0.15) is 0 Å². The largest absolute Gasteiger partial charge is 0.465 e. The number of carbonyl (C=O) groups is 1. The van der Waals surface area contributed by atoms with Crippen LogP contribution in [0.1, 0.15) is 13.8 Å². The fourth-order valence-electron chi connectivity index (χ4n) is 0.860. The fourth-order valence-corrected chi connectivity index (χ4v) is 0.860. The summed E-state index contributed by atoms with van der Waals surface area (Å²) in [4.78, 5) is 10.8. The Bertz CT molecular complexity index is 238. The summed E-state index contributed by atoms with van der Waals surface area (Å²) in [5.41, 5.74) is 0.301. The first-order valence-corrected chi connectivity index (χ1v) is 3.35. The monoisotopic (exact) mass is 154 g/mol. The van der Waals surface area contributed by atoms with Gasteiger partial charge in [0.15, 0.2) is 5.78 Å². The maximum absolute atomic E-state index is 10.8. The third-order valence-corrected chi connectivity index (χ3v) is 1.47. The van der Waals surface area contributed by atoms with Crippen molar-refractivity contribution in [2.24, 2.45) is 0 Å². The summed E-state index contributed by atoms with van der Waals surface area (Å²) in [6, 6.07) is 0. The summed E-state index contributed by atoms with van der Waals surface area (Å²) in [5.74, 6) is 0.448. The summed E-state index contributed by atoms with van der Waals surface area (Å²) in [6.45, 7) is 3.11. The third kappa shape index (κ3) is 1.68. The van der Waals surface area contributed by atoms with Gasteiger partial charge in [-0.1, -0.05) is 0 Å². The second-order valence-electron chi connectivity index (χ2n) is 2.43. The van der Waals surface area contributed by atoms with Gasteiger partial charge in [0.1, 0.15) is 0 Å². The van der Waals surface area contributed by atoms with Crippen LogP contribution in [0.5, 0.6) is 0 Å². The van der Waals surface area contributed by atoms with Gasteiger partial charge >= 0.3 is 0 Å². The lowest BCUT2D eigenvalue weighted by Gasteiger charge is -2.18. The highest BCUT2D eigenvalue weighted by atomic mass is 16.6. The van der Waals surface area contributed by atoms with Crippen LogP contribution < -0.4 is 0 Å².